The van der Waals surface area contributed by atoms with Crippen LogP contribution in [0.5, 0.6) is 11.6 Å². The molecule has 0 atom stereocenters. The van der Waals surface area contributed by atoms with Gasteiger partial charge in [-0.25, -0.2) is 0 Å². The highest BCUT2D eigenvalue weighted by atomic mass is 16.5. The van der Waals surface area contributed by atoms with Crippen LogP contribution in [-0.2, 0) is 6.42 Å². The molecule has 0 aliphatic carbocycles. The molecule has 2 rings (SSSR count). The van der Waals surface area contributed by atoms with Gasteiger partial charge in [-0.15, -0.1) is 0 Å². The van der Waals surface area contributed by atoms with Gasteiger partial charge in [0, 0.05) is 12.6 Å². The fourth-order valence-electron chi connectivity index (χ4n) is 1.97. The summed E-state index contributed by atoms with van der Waals surface area (Å²) in [4.78, 5) is 8.23. The maximum Gasteiger partial charge on any atom is 0.226 e. The summed E-state index contributed by atoms with van der Waals surface area (Å²) in [6.07, 6.45) is 3.22. The van der Waals surface area contributed by atoms with Crippen molar-refractivity contribution in [3.8, 4) is 11.6 Å². The number of hydrogen-bond acceptors (Lipinski definition) is 5. The summed E-state index contributed by atoms with van der Waals surface area (Å²) in [5.74, 6) is 2.08. The average Bonchev–Trinajstić information content (AvgIpc) is 2.47. The molecule has 0 amide bonds. The molecule has 0 unspecified atom stereocenters. The van der Waals surface area contributed by atoms with Gasteiger partial charge in [-0.05, 0) is 30.5 Å². The van der Waals surface area contributed by atoms with Crippen molar-refractivity contribution in [1.29, 1.82) is 0 Å². The Morgan fingerprint density at radius 2 is 1.86 bits per heavy atom. The van der Waals surface area contributed by atoms with Gasteiger partial charge < -0.3 is 15.8 Å². The van der Waals surface area contributed by atoms with Gasteiger partial charge in [-0.2, -0.15) is 9.97 Å². The van der Waals surface area contributed by atoms with E-state index in [9.17, 15) is 0 Å². The smallest absolute Gasteiger partial charge is 0.226 e. The first-order valence-corrected chi connectivity index (χ1v) is 7.36. The molecule has 5 nitrogen and oxygen atoms in total. The van der Waals surface area contributed by atoms with Gasteiger partial charge in [-0.1, -0.05) is 32.4 Å². The second-order valence-electron chi connectivity index (χ2n) is 4.87. The van der Waals surface area contributed by atoms with Crippen LogP contribution in [0, 0.1) is 0 Å². The normalized spacial score (nSPS) is 10.4. The van der Waals surface area contributed by atoms with Crippen LogP contribution in [-0.4, -0.2) is 16.5 Å². The number of nitrogen functional groups attached to an aromatic ring is 1. The zero-order valence-electron chi connectivity index (χ0n) is 12.6. The maximum atomic E-state index is 5.74. The zero-order valence-corrected chi connectivity index (χ0v) is 12.6. The quantitative estimate of drug-likeness (QED) is 0.813. The molecule has 1 aromatic carbocycles. The van der Waals surface area contributed by atoms with Crippen molar-refractivity contribution in [2.75, 3.05) is 17.6 Å². The van der Waals surface area contributed by atoms with Crippen LogP contribution in [0.3, 0.4) is 0 Å². The Morgan fingerprint density at radius 3 is 2.52 bits per heavy atom. The second-order valence-corrected chi connectivity index (χ2v) is 4.87. The Bertz CT molecular complexity index is 569. The first kappa shape index (κ1) is 15.1. The molecular weight excluding hydrogens is 264 g/mol. The van der Waals surface area contributed by atoms with E-state index in [0.29, 0.717) is 11.7 Å². The Kier molecular flexibility index (Phi) is 5.37. The minimum absolute atomic E-state index is 0.203. The summed E-state index contributed by atoms with van der Waals surface area (Å²) < 4.78 is 5.74. The topological polar surface area (TPSA) is 73.1 Å². The van der Waals surface area contributed by atoms with Crippen LogP contribution in [0.25, 0.3) is 0 Å². The van der Waals surface area contributed by atoms with E-state index >= 15 is 0 Å². The van der Waals surface area contributed by atoms with Crippen LogP contribution in [0.1, 0.15) is 32.3 Å². The third kappa shape index (κ3) is 4.63. The molecule has 0 radical (unpaired) electrons. The van der Waals surface area contributed by atoms with Crippen molar-refractivity contribution in [2.45, 2.75) is 33.1 Å². The van der Waals surface area contributed by atoms with Crippen molar-refractivity contribution in [1.82, 2.24) is 9.97 Å². The molecule has 1 aromatic heterocycles. The minimum Gasteiger partial charge on any atom is -0.439 e. The molecule has 112 valence electrons. The Balaban J connectivity index is 2.09. The van der Waals surface area contributed by atoms with Gasteiger partial charge in [-0.3, -0.25) is 0 Å². The summed E-state index contributed by atoms with van der Waals surface area (Å²) in [5, 5.41) is 3.18. The fourth-order valence-corrected chi connectivity index (χ4v) is 1.97. The zero-order chi connectivity index (χ0) is 15.1. The third-order valence-electron chi connectivity index (χ3n) is 2.96. The van der Waals surface area contributed by atoms with Gasteiger partial charge in [0.2, 0.25) is 11.8 Å². The lowest BCUT2D eigenvalue weighted by Crippen LogP contribution is -2.05. The number of ether oxygens (including phenoxy) is 1. The summed E-state index contributed by atoms with van der Waals surface area (Å²) in [7, 11) is 0. The highest BCUT2D eigenvalue weighted by Gasteiger charge is 2.04. The van der Waals surface area contributed by atoms with Crippen LogP contribution >= 0.6 is 0 Å². The number of anilines is 2. The fraction of sp³-hybridized carbons (Fsp3) is 0.375. The van der Waals surface area contributed by atoms with E-state index in [1.807, 2.05) is 12.1 Å². The van der Waals surface area contributed by atoms with Crippen molar-refractivity contribution in [3.63, 3.8) is 0 Å². The lowest BCUT2D eigenvalue weighted by molar-refractivity contribution is 0.462. The van der Waals surface area contributed by atoms with Gasteiger partial charge in [0.05, 0.1) is 0 Å². The largest absolute Gasteiger partial charge is 0.439 e. The predicted molar refractivity (Wildman–Crippen MR) is 85.7 cm³/mol. The third-order valence-corrected chi connectivity index (χ3v) is 2.96. The monoisotopic (exact) mass is 286 g/mol. The molecule has 3 N–H and O–H groups in total. The number of aryl methyl sites for hydroxylation is 1. The van der Waals surface area contributed by atoms with Crippen molar-refractivity contribution < 1.29 is 4.74 Å². The number of nitrogens with zero attached hydrogens (tertiary/aromatic N) is 2. The van der Waals surface area contributed by atoms with E-state index in [-0.39, 0.29) is 5.95 Å². The Labute approximate surface area is 125 Å². The molecule has 0 spiro atoms. The lowest BCUT2D eigenvalue weighted by Gasteiger charge is -2.09. The van der Waals surface area contributed by atoms with Crippen molar-refractivity contribution in [2.24, 2.45) is 0 Å². The minimum atomic E-state index is 0.203. The maximum absolute atomic E-state index is 5.74. The van der Waals surface area contributed by atoms with Crippen LogP contribution in [0.4, 0.5) is 11.8 Å². The van der Waals surface area contributed by atoms with Gasteiger partial charge in [0.25, 0.3) is 0 Å². The number of hydrogen-bond donors (Lipinski definition) is 2. The first-order valence-electron chi connectivity index (χ1n) is 7.36. The van der Waals surface area contributed by atoms with Gasteiger partial charge >= 0.3 is 0 Å². The molecular formula is C16H22N4O. The number of aromatic nitrogens is 2. The number of rotatable bonds is 7. The first-order chi connectivity index (χ1) is 10.2. The average molecular weight is 286 g/mol. The van der Waals surface area contributed by atoms with E-state index in [0.717, 1.165) is 31.6 Å². The SMILES string of the molecule is CCCNc1cc(Oc2ccc(CCC)cc2)nc(N)n1. The standard InChI is InChI=1S/C16H22N4O/c1-3-5-12-6-8-13(9-7-12)21-15-11-14(18-10-4-2)19-16(17)20-15/h6-9,11H,3-5,10H2,1-2H3,(H3,17,18,19,20). The molecule has 0 aliphatic rings. The van der Waals surface area contributed by atoms with E-state index in [1.54, 1.807) is 6.07 Å². The molecule has 5 heteroatoms. The summed E-state index contributed by atoms with van der Waals surface area (Å²) in [5.41, 5.74) is 7.01. The number of benzene rings is 1. The van der Waals surface area contributed by atoms with E-state index in [1.165, 1.54) is 5.56 Å². The second kappa shape index (κ2) is 7.47. The van der Waals surface area contributed by atoms with Crippen LogP contribution in [0.15, 0.2) is 30.3 Å². The highest BCUT2D eigenvalue weighted by Crippen LogP contribution is 2.23. The highest BCUT2D eigenvalue weighted by molar-refractivity contribution is 5.44. The summed E-state index contributed by atoms with van der Waals surface area (Å²) in [6.45, 7) is 5.09. The molecule has 0 fully saturated rings. The van der Waals surface area contributed by atoms with Crippen LogP contribution < -0.4 is 15.8 Å². The molecule has 0 saturated heterocycles. The van der Waals surface area contributed by atoms with Crippen molar-refractivity contribution >= 4 is 11.8 Å². The summed E-state index contributed by atoms with van der Waals surface area (Å²) >= 11 is 0. The predicted octanol–water partition coefficient (Wildman–Crippen LogP) is 3.63. The van der Waals surface area contributed by atoms with Gasteiger partial charge in [0.15, 0.2) is 0 Å². The summed E-state index contributed by atoms with van der Waals surface area (Å²) in [6, 6.07) is 9.79. The van der Waals surface area contributed by atoms with E-state index in [2.05, 4.69) is 41.3 Å². The molecule has 21 heavy (non-hydrogen) atoms. The van der Waals surface area contributed by atoms with E-state index in [4.69, 9.17) is 10.5 Å². The number of nitrogens with one attached hydrogen (secondary N) is 1. The van der Waals surface area contributed by atoms with Crippen LogP contribution in [0.2, 0.25) is 0 Å². The molecule has 0 aliphatic heterocycles. The lowest BCUT2D eigenvalue weighted by atomic mass is 10.1. The Morgan fingerprint density at radius 1 is 1.10 bits per heavy atom. The Hall–Kier alpha value is -2.30. The van der Waals surface area contributed by atoms with E-state index < -0.39 is 0 Å². The molecule has 2 aromatic rings. The number of nitrogens with two attached hydrogens (primary N) is 1. The molecule has 0 saturated carbocycles. The molecule has 1 heterocycles. The molecule has 0 bridgehead atoms. The van der Waals surface area contributed by atoms with Crippen molar-refractivity contribution in [3.05, 3.63) is 35.9 Å². The van der Waals surface area contributed by atoms with Gasteiger partial charge in [0.1, 0.15) is 11.6 Å².